The summed E-state index contributed by atoms with van der Waals surface area (Å²) < 4.78 is 22.6. The number of nitrogens with zero attached hydrogens (tertiary/aromatic N) is 6. The lowest BCUT2D eigenvalue weighted by Crippen LogP contribution is -2.59. The Morgan fingerprint density at radius 1 is 0.957 bits per heavy atom. The van der Waals surface area contributed by atoms with Crippen LogP contribution < -0.4 is 16.2 Å². The number of carbonyl (C=O) groups is 4. The number of hydrogen-bond donors (Lipinski definition) is 4. The van der Waals surface area contributed by atoms with Crippen molar-refractivity contribution in [1.82, 2.24) is 0 Å². The van der Waals surface area contributed by atoms with Crippen molar-refractivity contribution in [3.63, 3.8) is 0 Å². The Hall–Kier alpha value is -3.99. The Morgan fingerprint density at radius 2 is 1.52 bits per heavy atom. The van der Waals surface area contributed by atoms with Crippen LogP contribution in [-0.2, 0) is 35.2 Å². The van der Waals surface area contributed by atoms with Crippen molar-refractivity contribution in [2.45, 2.75) is 71.7 Å². The average molecular weight is 675 g/mol. The third kappa shape index (κ3) is 16.4. The van der Waals surface area contributed by atoms with Crippen LogP contribution in [0, 0.1) is 5.92 Å². The summed E-state index contributed by atoms with van der Waals surface area (Å²) in [6.07, 6.45) is -4.37. The smallest absolute Gasteiger partial charge is 0.303 e. The molecule has 1 aromatic carbocycles. The maximum Gasteiger partial charge on any atom is 0.303 e. The van der Waals surface area contributed by atoms with Gasteiger partial charge in [-0.25, -0.2) is 0 Å². The summed E-state index contributed by atoms with van der Waals surface area (Å²) in [7, 11) is 0. The molecule has 5 atom stereocenters. The molecule has 0 spiro atoms. The fraction of sp³-hybridized carbons (Fsp3) is 0.630. The van der Waals surface area contributed by atoms with E-state index in [4.69, 9.17) is 46.6 Å². The summed E-state index contributed by atoms with van der Waals surface area (Å²) >= 11 is 0. The lowest BCUT2D eigenvalue weighted by molar-refractivity contribution is -0.261. The van der Waals surface area contributed by atoms with Crippen molar-refractivity contribution in [3.05, 3.63) is 50.2 Å². The van der Waals surface area contributed by atoms with E-state index in [0.717, 1.165) is 0 Å². The maximum absolute atomic E-state index is 12.9. The highest BCUT2D eigenvalue weighted by Gasteiger charge is 2.50. The number of aliphatic hydroxyl groups is 2. The molecule has 18 nitrogen and oxygen atoms in total. The van der Waals surface area contributed by atoms with Crippen molar-refractivity contribution < 1.29 is 48.3 Å². The summed E-state index contributed by atoms with van der Waals surface area (Å²) in [6, 6.07) is 4.43. The van der Waals surface area contributed by atoms with Gasteiger partial charge in [-0.15, -0.1) is 12.4 Å². The molecule has 0 aromatic heterocycles. The van der Waals surface area contributed by atoms with Gasteiger partial charge in [-0.1, -0.05) is 23.2 Å². The first-order valence-corrected chi connectivity index (χ1v) is 13.9. The first-order valence-electron chi connectivity index (χ1n) is 13.9. The number of azide groups is 2. The van der Waals surface area contributed by atoms with Crippen LogP contribution in [-0.4, -0.2) is 91.1 Å². The maximum atomic E-state index is 12.9. The molecule has 1 saturated heterocycles. The molecule has 0 unspecified atom stereocenters. The molecule has 19 heteroatoms. The van der Waals surface area contributed by atoms with E-state index in [1.165, 1.54) is 39.0 Å². The monoisotopic (exact) mass is 674 g/mol. The number of rotatable bonds is 14. The molecule has 0 bridgehead atoms. The van der Waals surface area contributed by atoms with Crippen LogP contribution in [0.5, 0.6) is 5.75 Å². The summed E-state index contributed by atoms with van der Waals surface area (Å²) in [5, 5.41) is 23.8. The third-order valence-electron chi connectivity index (χ3n) is 5.79. The molecule has 0 saturated carbocycles. The standard InChI is InChI=1S/C23H29N3O9.C2H6N4.C2H7NO.ClH/c1-12-20(13(2)28)35-23(22(33-15(4)30)21(12)32-14(3)29)34-19-8-7-16(11-27)10-17(19)18(31)6-5-9-25-26-24;3-1-2-5-6-4;3-1-2-4;/h7-8,10,12,20-23,27H,5-6,9,11H2,1-4H3;1-3H2;4H,1-3H2;1H/t12-,20+,21+,22-,23-;;;/m1.../s1. The van der Waals surface area contributed by atoms with E-state index in [-0.39, 0.29) is 61.5 Å². The molecule has 0 radical (unpaired) electrons. The number of hydrogen-bond acceptors (Lipinski definition) is 14. The van der Waals surface area contributed by atoms with Crippen LogP contribution in [0.1, 0.15) is 56.5 Å². The van der Waals surface area contributed by atoms with E-state index in [9.17, 15) is 24.3 Å². The van der Waals surface area contributed by atoms with Gasteiger partial charge in [-0.05, 0) is 48.6 Å². The SMILES string of the molecule is CC(=O)O[C@H]1[C@H](Oc2ccc(CO)cc2C(=O)CCCN=[N+]=[N-])O[C@H](C(C)=O)[C@@H](C)[C@@H]1OC(C)=O.Cl.NCCO.[N-]=[N+]=NCCN. The number of Topliss-reactive ketones (excluding diaryl/α,β-unsaturated/α-hetero) is 2. The average Bonchev–Trinajstić information content (AvgIpc) is 3.01. The van der Waals surface area contributed by atoms with E-state index in [2.05, 4.69) is 20.1 Å². The van der Waals surface area contributed by atoms with Crippen molar-refractivity contribution in [3.8, 4) is 5.75 Å². The van der Waals surface area contributed by atoms with Gasteiger partial charge in [-0.3, -0.25) is 19.2 Å². The molecule has 1 aliphatic heterocycles. The van der Waals surface area contributed by atoms with Gasteiger partial charge in [0.05, 0.1) is 18.8 Å². The highest BCUT2D eigenvalue weighted by molar-refractivity contribution is 5.98. The second kappa shape index (κ2) is 25.2. The minimum absolute atomic E-state index is 0. The Kier molecular flexibility index (Phi) is 24.2. The quantitative estimate of drug-likeness (QED) is 0.0551. The van der Waals surface area contributed by atoms with E-state index >= 15 is 0 Å². The zero-order chi connectivity index (χ0) is 34.4. The molecule has 1 fully saturated rings. The highest BCUT2D eigenvalue weighted by Crippen LogP contribution is 2.34. The number of ether oxygens (including phenoxy) is 4. The number of halogens is 1. The Balaban J connectivity index is 0. The zero-order valence-electron chi connectivity index (χ0n) is 26.2. The van der Waals surface area contributed by atoms with Crippen LogP contribution in [0.3, 0.4) is 0 Å². The van der Waals surface area contributed by atoms with Crippen LogP contribution in [0.4, 0.5) is 0 Å². The fourth-order valence-corrected chi connectivity index (χ4v) is 3.93. The lowest BCUT2D eigenvalue weighted by atomic mass is 9.88. The summed E-state index contributed by atoms with van der Waals surface area (Å²) in [5.74, 6) is -2.64. The van der Waals surface area contributed by atoms with E-state index in [0.29, 0.717) is 31.6 Å². The van der Waals surface area contributed by atoms with E-state index in [1.54, 1.807) is 6.92 Å². The molecule has 0 amide bonds. The second-order valence-electron chi connectivity index (χ2n) is 9.39. The highest BCUT2D eigenvalue weighted by atomic mass is 35.5. The van der Waals surface area contributed by atoms with Gasteiger partial charge < -0.3 is 40.6 Å². The molecular weight excluding hydrogens is 632 g/mol. The van der Waals surface area contributed by atoms with Gasteiger partial charge >= 0.3 is 11.9 Å². The minimum atomic E-state index is -1.39. The Labute approximate surface area is 272 Å². The van der Waals surface area contributed by atoms with Crippen LogP contribution in [0.15, 0.2) is 28.4 Å². The predicted octanol–water partition coefficient (Wildman–Crippen LogP) is 2.26. The molecule has 1 heterocycles. The minimum Gasteiger partial charge on any atom is -0.460 e. The molecular formula is C27H43ClN8O10. The first kappa shape index (κ1) is 44.1. The van der Waals surface area contributed by atoms with Crippen molar-refractivity contribution in [2.75, 3.05) is 32.8 Å². The number of ketones is 2. The van der Waals surface area contributed by atoms with Gasteiger partial charge in [-0.2, -0.15) is 0 Å². The van der Waals surface area contributed by atoms with E-state index < -0.39 is 42.5 Å². The second-order valence-corrected chi connectivity index (χ2v) is 9.39. The number of aliphatic hydroxyl groups excluding tert-OH is 2. The summed E-state index contributed by atoms with van der Waals surface area (Å²) in [4.78, 5) is 53.9. The van der Waals surface area contributed by atoms with Crippen LogP contribution in [0.2, 0.25) is 0 Å². The van der Waals surface area contributed by atoms with Crippen LogP contribution in [0.25, 0.3) is 20.9 Å². The van der Waals surface area contributed by atoms with Gasteiger partial charge in [0, 0.05) is 55.6 Å². The first-order chi connectivity index (χ1) is 21.4. The predicted molar refractivity (Wildman–Crippen MR) is 167 cm³/mol. The van der Waals surface area contributed by atoms with Gasteiger partial charge in [0.1, 0.15) is 11.9 Å². The van der Waals surface area contributed by atoms with Crippen molar-refractivity contribution >= 4 is 35.9 Å². The molecule has 2 rings (SSSR count). The number of nitrogens with two attached hydrogens (primary N) is 2. The molecule has 1 aromatic rings. The molecule has 1 aliphatic rings. The lowest BCUT2D eigenvalue weighted by Gasteiger charge is -2.43. The normalized spacial score (nSPS) is 19.4. The molecule has 258 valence electrons. The largest absolute Gasteiger partial charge is 0.460 e. The van der Waals surface area contributed by atoms with Gasteiger partial charge in [0.2, 0.25) is 12.4 Å². The van der Waals surface area contributed by atoms with Gasteiger partial charge in [0.25, 0.3) is 0 Å². The fourth-order valence-electron chi connectivity index (χ4n) is 3.93. The third-order valence-corrected chi connectivity index (χ3v) is 5.79. The van der Waals surface area contributed by atoms with Gasteiger partial charge in [0.15, 0.2) is 17.7 Å². The summed E-state index contributed by atoms with van der Waals surface area (Å²) in [5.41, 5.74) is 26.3. The Morgan fingerprint density at radius 3 is 1.98 bits per heavy atom. The van der Waals surface area contributed by atoms with Crippen LogP contribution >= 0.6 is 12.4 Å². The zero-order valence-corrected chi connectivity index (χ0v) is 27.0. The number of esters is 2. The molecule has 46 heavy (non-hydrogen) atoms. The Bertz CT molecular complexity index is 1210. The number of benzene rings is 1. The van der Waals surface area contributed by atoms with Crippen molar-refractivity contribution in [2.24, 2.45) is 27.6 Å². The molecule has 6 N–H and O–H groups in total. The molecule has 0 aliphatic carbocycles. The van der Waals surface area contributed by atoms with E-state index in [1.807, 2.05) is 0 Å². The van der Waals surface area contributed by atoms with Crippen molar-refractivity contribution in [1.29, 1.82) is 0 Å². The number of carbonyl (C=O) groups excluding carboxylic acids is 4. The summed E-state index contributed by atoms with van der Waals surface area (Å²) in [6.45, 7) is 6.39. The topological polar surface area (TPSA) is 295 Å².